The van der Waals surface area contributed by atoms with E-state index in [4.69, 9.17) is 9.47 Å². The van der Waals surface area contributed by atoms with Crippen LogP contribution in [0.15, 0.2) is 24.3 Å². The van der Waals surface area contributed by atoms with Crippen molar-refractivity contribution in [1.29, 1.82) is 0 Å². The number of carbonyl (C=O) groups is 2. The minimum absolute atomic E-state index is 0.0606. The van der Waals surface area contributed by atoms with Gasteiger partial charge in [-0.2, -0.15) is 0 Å². The van der Waals surface area contributed by atoms with E-state index in [1.165, 1.54) is 6.92 Å². The number of nitrogens with one attached hydrogen (secondary N) is 2. The number of amides is 2. The molecule has 0 atom stereocenters. The summed E-state index contributed by atoms with van der Waals surface area (Å²) in [5.41, 5.74) is 3.17. The van der Waals surface area contributed by atoms with E-state index in [1.807, 2.05) is 30.4 Å². The molecule has 1 aromatic rings. The molecule has 33 heavy (non-hydrogen) atoms. The van der Waals surface area contributed by atoms with E-state index in [0.717, 1.165) is 42.4 Å². The second kappa shape index (κ2) is 17.9. The predicted molar refractivity (Wildman–Crippen MR) is 134 cm³/mol. The molecule has 6 heteroatoms. The molecule has 0 bridgehead atoms. The number of benzene rings is 1. The van der Waals surface area contributed by atoms with E-state index in [-0.39, 0.29) is 17.7 Å². The largest absolute Gasteiger partial charge is 0.377 e. The predicted octanol–water partition coefficient (Wildman–Crippen LogP) is 3.86. The minimum atomic E-state index is -0.0606. The second-order valence-corrected chi connectivity index (χ2v) is 7.94. The maximum Gasteiger partial charge on any atom is 0.223 e. The van der Waals surface area contributed by atoms with Crippen LogP contribution < -0.4 is 10.6 Å². The highest BCUT2D eigenvalue weighted by molar-refractivity contribution is 5.78. The van der Waals surface area contributed by atoms with E-state index >= 15 is 0 Å². The molecule has 0 radical (unpaired) electrons. The summed E-state index contributed by atoms with van der Waals surface area (Å²) in [7, 11) is 0. The lowest BCUT2D eigenvalue weighted by molar-refractivity contribution is -0.125. The van der Waals surface area contributed by atoms with Gasteiger partial charge in [-0.15, -0.1) is 0 Å². The molecule has 0 spiro atoms. The Labute approximate surface area is 199 Å². The van der Waals surface area contributed by atoms with Gasteiger partial charge in [0.05, 0.1) is 19.8 Å². The fourth-order valence-electron chi connectivity index (χ4n) is 3.27. The molecular weight excluding hydrogens is 416 g/mol. The van der Waals surface area contributed by atoms with Crippen LogP contribution in [0.4, 0.5) is 0 Å². The molecular formula is C27H40N2O4. The zero-order valence-electron chi connectivity index (χ0n) is 20.7. The third-order valence-corrected chi connectivity index (χ3v) is 5.02. The van der Waals surface area contributed by atoms with Gasteiger partial charge in [-0.3, -0.25) is 9.59 Å². The van der Waals surface area contributed by atoms with Gasteiger partial charge in [-0.1, -0.05) is 56.7 Å². The topological polar surface area (TPSA) is 76.7 Å². The van der Waals surface area contributed by atoms with Crippen molar-refractivity contribution in [2.45, 2.75) is 53.4 Å². The van der Waals surface area contributed by atoms with Crippen LogP contribution in [0.25, 0.3) is 6.08 Å². The Morgan fingerprint density at radius 2 is 1.79 bits per heavy atom. The number of ether oxygens (including phenoxy) is 2. The number of hydrogen-bond donors (Lipinski definition) is 2. The smallest absolute Gasteiger partial charge is 0.223 e. The number of hydrogen-bond acceptors (Lipinski definition) is 4. The van der Waals surface area contributed by atoms with Crippen LogP contribution in [0.3, 0.4) is 0 Å². The molecule has 0 unspecified atom stereocenters. The first kappa shape index (κ1) is 28.4. The van der Waals surface area contributed by atoms with Crippen molar-refractivity contribution in [3.05, 3.63) is 41.0 Å². The standard InChI is InChI=1S/C27H40N2O4/c1-5-9-25(10-6-2)27(31)29-15-7-12-26-21-24(14-13-22(26)3)11-8-17-32-19-20-33-18-16-28-23(4)30/h7,12-14,21,25H,5-6,9-10,15-20H2,1-4H3,(H,28,30)(H,29,31)/b12-7-. The van der Waals surface area contributed by atoms with Gasteiger partial charge in [-0.25, -0.2) is 0 Å². The van der Waals surface area contributed by atoms with E-state index in [2.05, 4.69) is 43.2 Å². The normalized spacial score (nSPS) is 10.8. The Morgan fingerprint density at radius 3 is 2.48 bits per heavy atom. The van der Waals surface area contributed by atoms with Crippen molar-refractivity contribution in [1.82, 2.24) is 10.6 Å². The molecule has 0 heterocycles. The van der Waals surface area contributed by atoms with Crippen molar-refractivity contribution < 1.29 is 19.1 Å². The van der Waals surface area contributed by atoms with Crippen molar-refractivity contribution in [3.8, 4) is 11.8 Å². The molecule has 0 fully saturated rings. The third-order valence-electron chi connectivity index (χ3n) is 5.02. The van der Waals surface area contributed by atoms with E-state index < -0.39 is 0 Å². The summed E-state index contributed by atoms with van der Waals surface area (Å²) in [6, 6.07) is 6.08. The molecule has 0 aliphatic carbocycles. The summed E-state index contributed by atoms with van der Waals surface area (Å²) < 4.78 is 10.8. The third kappa shape index (κ3) is 13.5. The van der Waals surface area contributed by atoms with Gasteiger partial charge in [0, 0.05) is 31.5 Å². The van der Waals surface area contributed by atoms with Crippen LogP contribution in [0.5, 0.6) is 0 Å². The number of rotatable bonds is 15. The molecule has 182 valence electrons. The van der Waals surface area contributed by atoms with Gasteiger partial charge in [0.1, 0.15) is 6.61 Å². The zero-order chi connectivity index (χ0) is 24.3. The van der Waals surface area contributed by atoms with Gasteiger partial charge in [0.15, 0.2) is 0 Å². The molecule has 0 saturated carbocycles. The number of aryl methyl sites for hydroxylation is 1. The van der Waals surface area contributed by atoms with E-state index in [0.29, 0.717) is 39.5 Å². The summed E-state index contributed by atoms with van der Waals surface area (Å²) in [5.74, 6) is 6.35. The van der Waals surface area contributed by atoms with E-state index in [9.17, 15) is 9.59 Å². The molecule has 0 aliphatic heterocycles. The quantitative estimate of drug-likeness (QED) is 0.310. The summed E-state index contributed by atoms with van der Waals surface area (Å²) in [6.45, 7) is 10.5. The van der Waals surface area contributed by atoms with Gasteiger partial charge in [-0.05, 0) is 43.0 Å². The molecule has 2 amide bonds. The molecule has 0 saturated heterocycles. The van der Waals surface area contributed by atoms with Crippen LogP contribution in [-0.2, 0) is 19.1 Å². The Bertz CT molecular complexity index is 802. The molecule has 6 nitrogen and oxygen atoms in total. The monoisotopic (exact) mass is 456 g/mol. The Morgan fingerprint density at radius 1 is 1.06 bits per heavy atom. The second-order valence-electron chi connectivity index (χ2n) is 7.94. The van der Waals surface area contributed by atoms with Crippen LogP contribution in [0, 0.1) is 24.7 Å². The van der Waals surface area contributed by atoms with Crippen molar-refractivity contribution in [2.24, 2.45) is 5.92 Å². The van der Waals surface area contributed by atoms with Gasteiger partial charge < -0.3 is 20.1 Å². The van der Waals surface area contributed by atoms with E-state index in [1.54, 1.807) is 0 Å². The Balaban J connectivity index is 2.40. The Kier molecular flexibility index (Phi) is 15.4. The first-order chi connectivity index (χ1) is 16.0. The summed E-state index contributed by atoms with van der Waals surface area (Å²) in [6.07, 6.45) is 7.96. The fourth-order valence-corrected chi connectivity index (χ4v) is 3.27. The summed E-state index contributed by atoms with van der Waals surface area (Å²) in [4.78, 5) is 23.1. The highest BCUT2D eigenvalue weighted by Crippen LogP contribution is 2.14. The maximum absolute atomic E-state index is 12.3. The molecule has 1 aromatic carbocycles. The highest BCUT2D eigenvalue weighted by Gasteiger charge is 2.15. The van der Waals surface area contributed by atoms with Crippen LogP contribution >= 0.6 is 0 Å². The summed E-state index contributed by atoms with van der Waals surface area (Å²) in [5, 5.41) is 5.70. The van der Waals surface area contributed by atoms with Crippen molar-refractivity contribution >= 4 is 17.9 Å². The Hall–Kier alpha value is -2.62. The lowest BCUT2D eigenvalue weighted by atomic mass is 9.97. The van der Waals surface area contributed by atoms with Gasteiger partial charge in [0.25, 0.3) is 0 Å². The SMILES string of the molecule is CCCC(CCC)C(=O)NC/C=C\c1cc(C#CCOCCOCCNC(C)=O)ccc1C. The van der Waals surface area contributed by atoms with Crippen LogP contribution in [-0.4, -0.2) is 51.3 Å². The first-order valence-corrected chi connectivity index (χ1v) is 11.9. The lowest BCUT2D eigenvalue weighted by Gasteiger charge is -2.14. The van der Waals surface area contributed by atoms with Gasteiger partial charge >= 0.3 is 0 Å². The molecule has 0 aliphatic rings. The highest BCUT2D eigenvalue weighted by atomic mass is 16.5. The van der Waals surface area contributed by atoms with Crippen molar-refractivity contribution in [3.63, 3.8) is 0 Å². The zero-order valence-corrected chi connectivity index (χ0v) is 20.7. The molecule has 0 aromatic heterocycles. The summed E-state index contributed by atoms with van der Waals surface area (Å²) >= 11 is 0. The average molecular weight is 457 g/mol. The lowest BCUT2D eigenvalue weighted by Crippen LogP contribution is -2.30. The molecule has 2 N–H and O–H groups in total. The van der Waals surface area contributed by atoms with Gasteiger partial charge in [0.2, 0.25) is 11.8 Å². The van der Waals surface area contributed by atoms with Crippen LogP contribution in [0.2, 0.25) is 0 Å². The fraction of sp³-hybridized carbons (Fsp3) is 0.556. The maximum atomic E-state index is 12.3. The van der Waals surface area contributed by atoms with Crippen LogP contribution in [0.1, 0.15) is 63.1 Å². The minimum Gasteiger partial charge on any atom is -0.377 e. The van der Waals surface area contributed by atoms with Crippen molar-refractivity contribution in [2.75, 3.05) is 39.5 Å². The number of carbonyl (C=O) groups excluding carboxylic acids is 2. The molecule has 1 rings (SSSR count). The first-order valence-electron chi connectivity index (χ1n) is 11.9. The average Bonchev–Trinajstić information content (AvgIpc) is 2.79.